The van der Waals surface area contributed by atoms with E-state index in [1.165, 1.54) is 0 Å². The van der Waals surface area contributed by atoms with Crippen molar-refractivity contribution < 1.29 is 22.7 Å². The van der Waals surface area contributed by atoms with E-state index in [0.29, 0.717) is 12.6 Å². The molecule has 9 heteroatoms. The van der Waals surface area contributed by atoms with Crippen molar-refractivity contribution in [3.8, 4) is 0 Å². The average Bonchev–Trinajstić information content (AvgIpc) is 2.84. The van der Waals surface area contributed by atoms with Gasteiger partial charge >= 0.3 is 6.09 Å². The maximum absolute atomic E-state index is 12.9. The zero-order valence-corrected chi connectivity index (χ0v) is 21.4. The number of amides is 1. The van der Waals surface area contributed by atoms with Gasteiger partial charge < -0.3 is 19.7 Å². The normalized spacial score (nSPS) is 16.2. The van der Waals surface area contributed by atoms with Crippen LogP contribution < -0.4 is 10.0 Å². The number of likely N-dealkylation sites (tertiary alicyclic amines) is 1. The van der Waals surface area contributed by atoms with Crippen LogP contribution in [-0.2, 0) is 32.7 Å². The number of carbonyl (C=O) groups excluding carboxylic acids is 1. The van der Waals surface area contributed by atoms with E-state index >= 15 is 0 Å². The molecule has 2 aromatic rings. The molecular weight excluding hydrogens is 466 g/mol. The van der Waals surface area contributed by atoms with Crippen LogP contribution in [-0.4, -0.2) is 63.0 Å². The number of nitrogens with zero attached hydrogens (tertiary/aromatic N) is 1. The molecule has 0 spiro atoms. The Labute approximate surface area is 209 Å². The largest absolute Gasteiger partial charge is 0.445 e. The summed E-state index contributed by atoms with van der Waals surface area (Å²) in [4.78, 5) is 14.8. The average molecular weight is 504 g/mol. The van der Waals surface area contributed by atoms with Gasteiger partial charge in [0.2, 0.25) is 10.0 Å². The predicted molar refractivity (Wildman–Crippen MR) is 136 cm³/mol. The lowest BCUT2D eigenvalue weighted by Crippen LogP contribution is -2.50. The lowest BCUT2D eigenvalue weighted by Gasteiger charge is -2.34. The van der Waals surface area contributed by atoms with Crippen molar-refractivity contribution in [1.29, 1.82) is 0 Å². The van der Waals surface area contributed by atoms with Crippen LogP contribution in [0.5, 0.6) is 0 Å². The highest BCUT2D eigenvalue weighted by atomic mass is 32.2. The number of rotatable bonds is 12. The zero-order chi connectivity index (χ0) is 25.1. The Balaban J connectivity index is 1.54. The fraction of sp³-hybridized carbons (Fsp3) is 0.500. The Morgan fingerprint density at radius 1 is 0.971 bits per heavy atom. The Bertz CT molecular complexity index is 994. The highest BCUT2D eigenvalue weighted by Gasteiger charge is 2.27. The van der Waals surface area contributed by atoms with Crippen LogP contribution >= 0.6 is 0 Å². The molecule has 8 nitrogen and oxygen atoms in total. The van der Waals surface area contributed by atoms with Gasteiger partial charge in [0.25, 0.3) is 0 Å². The summed E-state index contributed by atoms with van der Waals surface area (Å²) < 4.78 is 39.8. The summed E-state index contributed by atoms with van der Waals surface area (Å²) in [6, 6.07) is 18.5. The molecule has 192 valence electrons. The number of piperidine rings is 1. The standard InChI is InChI=1S/C26H37N3O5S/c1-21(2)29-15-13-24(14-16-29)28-35(31,32)20-25(19-33-17-22-9-5-3-6-10-22)27-26(30)34-18-23-11-7-4-8-12-23/h3-12,21,24-25,28H,13-20H2,1-2H3,(H,27,30)/t25-/m0/s1. The predicted octanol–water partition coefficient (Wildman–Crippen LogP) is 3.29. The van der Waals surface area contributed by atoms with Gasteiger partial charge in [-0.1, -0.05) is 60.7 Å². The van der Waals surface area contributed by atoms with Crippen molar-refractivity contribution in [3.05, 3.63) is 71.8 Å². The van der Waals surface area contributed by atoms with Crippen LogP contribution in [0.15, 0.2) is 60.7 Å². The maximum atomic E-state index is 12.9. The van der Waals surface area contributed by atoms with Crippen molar-refractivity contribution in [1.82, 2.24) is 14.9 Å². The summed E-state index contributed by atoms with van der Waals surface area (Å²) in [6.45, 7) is 6.47. The molecule has 0 unspecified atom stereocenters. The molecule has 1 saturated heterocycles. The van der Waals surface area contributed by atoms with E-state index in [9.17, 15) is 13.2 Å². The molecule has 1 fully saturated rings. The number of benzene rings is 2. The first-order valence-corrected chi connectivity index (χ1v) is 13.8. The van der Waals surface area contributed by atoms with Crippen molar-refractivity contribution in [2.24, 2.45) is 0 Å². The quantitative estimate of drug-likeness (QED) is 0.461. The molecular formula is C26H37N3O5S. The molecule has 1 aliphatic rings. The molecule has 35 heavy (non-hydrogen) atoms. The molecule has 1 amide bonds. The number of alkyl carbamates (subject to hydrolysis) is 1. The highest BCUT2D eigenvalue weighted by molar-refractivity contribution is 7.89. The number of hydrogen-bond acceptors (Lipinski definition) is 6. The van der Waals surface area contributed by atoms with Gasteiger partial charge in [-0.15, -0.1) is 0 Å². The van der Waals surface area contributed by atoms with Crippen LogP contribution in [0.1, 0.15) is 37.8 Å². The molecule has 1 atom stereocenters. The Morgan fingerprint density at radius 3 is 2.11 bits per heavy atom. The minimum absolute atomic E-state index is 0.0437. The van der Waals surface area contributed by atoms with E-state index in [2.05, 4.69) is 28.8 Å². The number of ether oxygens (including phenoxy) is 2. The van der Waals surface area contributed by atoms with E-state index < -0.39 is 22.2 Å². The SMILES string of the molecule is CC(C)N1CCC(NS(=O)(=O)C[C@H](COCc2ccccc2)NC(=O)OCc2ccccc2)CC1. The number of hydrogen-bond donors (Lipinski definition) is 2. The van der Waals surface area contributed by atoms with E-state index in [-0.39, 0.29) is 25.0 Å². The fourth-order valence-electron chi connectivity index (χ4n) is 4.06. The number of nitrogens with one attached hydrogen (secondary N) is 2. The minimum Gasteiger partial charge on any atom is -0.445 e. The van der Waals surface area contributed by atoms with Crippen LogP contribution in [0.25, 0.3) is 0 Å². The molecule has 0 aliphatic carbocycles. The Hall–Kier alpha value is -2.46. The van der Waals surface area contributed by atoms with Crippen LogP contribution in [0.4, 0.5) is 4.79 Å². The van der Waals surface area contributed by atoms with Gasteiger partial charge in [0.1, 0.15) is 6.61 Å². The van der Waals surface area contributed by atoms with Crippen LogP contribution in [0, 0.1) is 0 Å². The Morgan fingerprint density at radius 2 is 1.54 bits per heavy atom. The topological polar surface area (TPSA) is 97.0 Å². The van der Waals surface area contributed by atoms with Gasteiger partial charge in [-0.25, -0.2) is 17.9 Å². The van der Waals surface area contributed by atoms with Gasteiger partial charge in [0, 0.05) is 12.1 Å². The molecule has 0 aromatic heterocycles. The summed E-state index contributed by atoms with van der Waals surface area (Å²) in [5.41, 5.74) is 1.82. The molecule has 2 N–H and O–H groups in total. The van der Waals surface area contributed by atoms with Gasteiger partial charge in [0.15, 0.2) is 0 Å². The monoisotopic (exact) mass is 503 g/mol. The smallest absolute Gasteiger partial charge is 0.407 e. The van der Waals surface area contributed by atoms with Gasteiger partial charge in [0.05, 0.1) is 25.0 Å². The van der Waals surface area contributed by atoms with Gasteiger partial charge in [-0.3, -0.25) is 0 Å². The number of sulfonamides is 1. The van der Waals surface area contributed by atoms with E-state index in [1.807, 2.05) is 60.7 Å². The molecule has 2 aromatic carbocycles. The third-order valence-corrected chi connectivity index (χ3v) is 7.53. The van der Waals surface area contributed by atoms with Crippen molar-refractivity contribution >= 4 is 16.1 Å². The minimum atomic E-state index is -3.64. The first-order valence-electron chi connectivity index (χ1n) is 12.1. The van der Waals surface area contributed by atoms with Crippen molar-refractivity contribution in [2.45, 2.75) is 58.0 Å². The summed E-state index contributed by atoms with van der Waals surface area (Å²) in [5, 5.41) is 2.68. The van der Waals surface area contributed by atoms with E-state index in [0.717, 1.165) is 37.1 Å². The second kappa shape index (κ2) is 13.6. The third kappa shape index (κ3) is 9.97. The van der Waals surface area contributed by atoms with Crippen LogP contribution in [0.2, 0.25) is 0 Å². The fourth-order valence-corrected chi connectivity index (χ4v) is 5.61. The summed E-state index contributed by atoms with van der Waals surface area (Å²) >= 11 is 0. The molecule has 0 saturated carbocycles. The molecule has 0 bridgehead atoms. The molecule has 3 rings (SSSR count). The lowest BCUT2D eigenvalue weighted by molar-refractivity contribution is 0.0932. The summed E-state index contributed by atoms with van der Waals surface area (Å²) in [7, 11) is -3.64. The molecule has 1 heterocycles. The second-order valence-electron chi connectivity index (χ2n) is 9.21. The Kier molecular flexibility index (Phi) is 10.5. The molecule has 0 radical (unpaired) electrons. The highest BCUT2D eigenvalue weighted by Crippen LogP contribution is 2.14. The van der Waals surface area contributed by atoms with E-state index in [4.69, 9.17) is 9.47 Å². The first kappa shape index (κ1) is 27.1. The second-order valence-corrected chi connectivity index (χ2v) is 11.0. The van der Waals surface area contributed by atoms with Crippen molar-refractivity contribution in [3.63, 3.8) is 0 Å². The van der Waals surface area contributed by atoms with Crippen LogP contribution in [0.3, 0.4) is 0 Å². The number of carbonyl (C=O) groups is 1. The zero-order valence-electron chi connectivity index (χ0n) is 20.6. The van der Waals surface area contributed by atoms with Crippen molar-refractivity contribution in [2.75, 3.05) is 25.4 Å². The van der Waals surface area contributed by atoms with Gasteiger partial charge in [-0.05, 0) is 50.9 Å². The molecule has 1 aliphatic heterocycles. The lowest BCUT2D eigenvalue weighted by atomic mass is 10.1. The first-order chi connectivity index (χ1) is 16.8. The summed E-state index contributed by atoms with van der Waals surface area (Å²) in [5.74, 6) is -0.285. The third-order valence-electron chi connectivity index (χ3n) is 5.99. The summed E-state index contributed by atoms with van der Waals surface area (Å²) in [6.07, 6.45) is 0.848. The van der Waals surface area contributed by atoms with Gasteiger partial charge in [-0.2, -0.15) is 0 Å². The van der Waals surface area contributed by atoms with E-state index in [1.54, 1.807) is 0 Å². The maximum Gasteiger partial charge on any atom is 0.407 e.